The Bertz CT molecular complexity index is 163. The van der Waals surface area contributed by atoms with Crippen molar-refractivity contribution in [2.24, 2.45) is 11.8 Å². The number of rotatable bonds is 2. The summed E-state index contributed by atoms with van der Waals surface area (Å²) in [6, 6.07) is 0. The van der Waals surface area contributed by atoms with E-state index in [1.54, 1.807) is 7.11 Å². The van der Waals surface area contributed by atoms with Crippen LogP contribution in [0.1, 0.15) is 13.3 Å². The molecule has 0 fully saturated rings. The molecule has 0 spiro atoms. The Kier molecular flexibility index (Phi) is 2.83. The lowest BCUT2D eigenvalue weighted by molar-refractivity contribution is -0.113. The van der Waals surface area contributed by atoms with E-state index in [-0.39, 0.29) is 12.0 Å². The Balaban J connectivity index is 2.59. The number of hydrogen-bond donors (Lipinski definition) is 0. The first-order valence-corrected chi connectivity index (χ1v) is 3.94. The smallest absolute Gasteiger partial charge is 0.123 e. The maximum Gasteiger partial charge on any atom is 0.123 e. The number of methoxy groups -OCH3 is 1. The van der Waals surface area contributed by atoms with Crippen LogP contribution in [0, 0.1) is 11.8 Å². The molecule has 1 aliphatic carbocycles. The number of carbonyl (C=O) groups excluding carboxylic acids is 1. The molecule has 1 rings (SSSR count). The third kappa shape index (κ3) is 1.90. The van der Waals surface area contributed by atoms with Crippen molar-refractivity contribution in [2.45, 2.75) is 19.4 Å². The van der Waals surface area contributed by atoms with Gasteiger partial charge in [0.2, 0.25) is 0 Å². The van der Waals surface area contributed by atoms with Crippen molar-refractivity contribution in [3.05, 3.63) is 12.2 Å². The van der Waals surface area contributed by atoms with Crippen molar-refractivity contribution in [1.29, 1.82) is 0 Å². The highest BCUT2D eigenvalue weighted by Gasteiger charge is 2.22. The largest absolute Gasteiger partial charge is 0.377 e. The van der Waals surface area contributed by atoms with Crippen LogP contribution in [-0.2, 0) is 9.53 Å². The molecule has 0 aromatic carbocycles. The van der Waals surface area contributed by atoms with Crippen LogP contribution in [0.15, 0.2) is 12.2 Å². The zero-order valence-electron chi connectivity index (χ0n) is 6.99. The van der Waals surface area contributed by atoms with Crippen LogP contribution in [0.25, 0.3) is 0 Å². The number of ether oxygens (including phenoxy) is 1. The van der Waals surface area contributed by atoms with Crippen LogP contribution < -0.4 is 0 Å². The molecule has 11 heavy (non-hydrogen) atoms. The molecule has 0 saturated carbocycles. The van der Waals surface area contributed by atoms with E-state index >= 15 is 0 Å². The summed E-state index contributed by atoms with van der Waals surface area (Å²) in [7, 11) is 1.67. The SMILES string of the molecule is COC1C=CC(C)C(C=O)C1. The third-order valence-electron chi connectivity index (χ3n) is 2.29. The quantitative estimate of drug-likeness (QED) is 0.444. The fourth-order valence-electron chi connectivity index (χ4n) is 1.36. The molecular formula is C9H14O2. The summed E-state index contributed by atoms with van der Waals surface area (Å²) < 4.78 is 5.13. The van der Waals surface area contributed by atoms with Gasteiger partial charge in [-0.15, -0.1) is 0 Å². The second-order valence-electron chi connectivity index (χ2n) is 3.05. The first kappa shape index (κ1) is 8.47. The van der Waals surface area contributed by atoms with Gasteiger partial charge in [0.15, 0.2) is 0 Å². The summed E-state index contributed by atoms with van der Waals surface area (Å²) in [5, 5.41) is 0. The van der Waals surface area contributed by atoms with Gasteiger partial charge in [-0.3, -0.25) is 0 Å². The molecule has 0 saturated heterocycles. The van der Waals surface area contributed by atoms with Crippen LogP contribution >= 0.6 is 0 Å². The maximum atomic E-state index is 10.5. The fraction of sp³-hybridized carbons (Fsp3) is 0.667. The molecule has 0 amide bonds. The first-order chi connectivity index (χ1) is 5.27. The molecule has 3 unspecified atom stereocenters. The van der Waals surface area contributed by atoms with E-state index in [0.717, 1.165) is 12.7 Å². The summed E-state index contributed by atoms with van der Waals surface area (Å²) in [5.41, 5.74) is 0. The summed E-state index contributed by atoms with van der Waals surface area (Å²) in [5.74, 6) is 0.517. The van der Waals surface area contributed by atoms with Gasteiger partial charge in [-0.25, -0.2) is 0 Å². The topological polar surface area (TPSA) is 26.3 Å². The Hall–Kier alpha value is -0.630. The molecule has 0 aromatic rings. The fourth-order valence-corrected chi connectivity index (χ4v) is 1.36. The van der Waals surface area contributed by atoms with Gasteiger partial charge in [0, 0.05) is 13.0 Å². The lowest BCUT2D eigenvalue weighted by Crippen LogP contribution is -2.24. The van der Waals surface area contributed by atoms with Gasteiger partial charge >= 0.3 is 0 Å². The van der Waals surface area contributed by atoms with E-state index in [4.69, 9.17) is 4.74 Å². The molecule has 0 N–H and O–H groups in total. The average molecular weight is 154 g/mol. The van der Waals surface area contributed by atoms with Crippen LogP contribution in [0.4, 0.5) is 0 Å². The van der Waals surface area contributed by atoms with Crippen LogP contribution in [0.5, 0.6) is 0 Å². The van der Waals surface area contributed by atoms with Crippen LogP contribution in [-0.4, -0.2) is 19.5 Å². The van der Waals surface area contributed by atoms with Gasteiger partial charge in [-0.2, -0.15) is 0 Å². The van der Waals surface area contributed by atoms with Crippen LogP contribution in [0.3, 0.4) is 0 Å². The van der Waals surface area contributed by atoms with Crippen molar-refractivity contribution in [2.75, 3.05) is 7.11 Å². The predicted octanol–water partition coefficient (Wildman–Crippen LogP) is 1.41. The second-order valence-corrected chi connectivity index (χ2v) is 3.05. The monoisotopic (exact) mass is 154 g/mol. The van der Waals surface area contributed by atoms with E-state index < -0.39 is 0 Å². The minimum atomic E-state index is 0.140. The molecular weight excluding hydrogens is 140 g/mol. The summed E-state index contributed by atoms with van der Waals surface area (Å²) in [6.45, 7) is 2.06. The number of aldehydes is 1. The van der Waals surface area contributed by atoms with Crippen molar-refractivity contribution in [1.82, 2.24) is 0 Å². The molecule has 1 aliphatic rings. The summed E-state index contributed by atoms with van der Waals surface area (Å²) in [6.07, 6.45) is 6.08. The highest BCUT2D eigenvalue weighted by atomic mass is 16.5. The van der Waals surface area contributed by atoms with E-state index in [1.165, 1.54) is 0 Å². The minimum Gasteiger partial charge on any atom is -0.377 e. The van der Waals surface area contributed by atoms with Gasteiger partial charge in [-0.1, -0.05) is 19.1 Å². The molecule has 0 aliphatic heterocycles. The van der Waals surface area contributed by atoms with Crippen molar-refractivity contribution < 1.29 is 9.53 Å². The van der Waals surface area contributed by atoms with Crippen molar-refractivity contribution >= 4 is 6.29 Å². The Morgan fingerprint density at radius 2 is 2.27 bits per heavy atom. The molecule has 2 nitrogen and oxygen atoms in total. The van der Waals surface area contributed by atoms with Crippen LogP contribution in [0.2, 0.25) is 0 Å². The van der Waals surface area contributed by atoms with E-state index in [1.807, 2.05) is 6.08 Å². The normalized spacial score (nSPS) is 37.1. The Labute approximate surface area is 67.2 Å². The molecule has 0 heterocycles. The minimum absolute atomic E-state index is 0.140. The van der Waals surface area contributed by atoms with Crippen molar-refractivity contribution in [3.63, 3.8) is 0 Å². The van der Waals surface area contributed by atoms with Crippen molar-refractivity contribution in [3.8, 4) is 0 Å². The Morgan fingerprint density at radius 3 is 2.82 bits per heavy atom. The summed E-state index contributed by atoms with van der Waals surface area (Å²) in [4.78, 5) is 10.5. The standard InChI is InChI=1S/C9H14O2/c1-7-3-4-9(11-2)5-8(7)6-10/h3-4,6-9H,5H2,1-2H3. The maximum absolute atomic E-state index is 10.5. The number of allylic oxidation sites excluding steroid dienone is 1. The molecule has 3 atom stereocenters. The lowest BCUT2D eigenvalue weighted by atomic mass is 9.85. The average Bonchev–Trinajstić information content (AvgIpc) is 2.05. The first-order valence-electron chi connectivity index (χ1n) is 3.94. The zero-order chi connectivity index (χ0) is 8.27. The number of hydrogen-bond acceptors (Lipinski definition) is 2. The predicted molar refractivity (Wildman–Crippen MR) is 43.3 cm³/mol. The molecule has 2 heteroatoms. The van der Waals surface area contributed by atoms with Gasteiger partial charge in [0.1, 0.15) is 6.29 Å². The molecule has 62 valence electrons. The second kappa shape index (κ2) is 3.67. The number of carbonyl (C=O) groups is 1. The van der Waals surface area contributed by atoms with E-state index in [2.05, 4.69) is 13.0 Å². The molecule has 0 radical (unpaired) electrons. The third-order valence-corrected chi connectivity index (χ3v) is 2.29. The van der Waals surface area contributed by atoms with Gasteiger partial charge in [-0.05, 0) is 12.3 Å². The van der Waals surface area contributed by atoms with Gasteiger partial charge in [0.25, 0.3) is 0 Å². The highest BCUT2D eigenvalue weighted by Crippen LogP contribution is 2.23. The summed E-state index contributed by atoms with van der Waals surface area (Å²) >= 11 is 0. The van der Waals surface area contributed by atoms with Gasteiger partial charge in [0.05, 0.1) is 6.10 Å². The van der Waals surface area contributed by atoms with Gasteiger partial charge < -0.3 is 9.53 Å². The molecule has 0 aromatic heterocycles. The zero-order valence-corrected chi connectivity index (χ0v) is 6.99. The lowest BCUT2D eigenvalue weighted by Gasteiger charge is -2.24. The Morgan fingerprint density at radius 1 is 1.55 bits per heavy atom. The highest BCUT2D eigenvalue weighted by molar-refractivity contribution is 5.55. The van der Waals surface area contributed by atoms with E-state index in [9.17, 15) is 4.79 Å². The van der Waals surface area contributed by atoms with E-state index in [0.29, 0.717) is 5.92 Å². The molecule has 0 bridgehead atoms.